The quantitative estimate of drug-likeness (QED) is 0.490. The number of aromatic nitrogens is 1. The van der Waals surface area contributed by atoms with Crippen molar-refractivity contribution in [1.29, 1.82) is 0 Å². The fourth-order valence-electron chi connectivity index (χ4n) is 1.02. The molecule has 0 aliphatic carbocycles. The Morgan fingerprint density at radius 2 is 2.08 bits per heavy atom. The topological polar surface area (TPSA) is 30.0 Å². The first-order valence-electron chi connectivity index (χ1n) is 3.80. The van der Waals surface area contributed by atoms with Crippen molar-refractivity contribution in [2.75, 3.05) is 0 Å². The highest BCUT2D eigenvalue weighted by Gasteiger charge is 1.94. The smallest absolute Gasteiger partial charge is 0.142 e. The fourth-order valence-corrected chi connectivity index (χ4v) is 1.02. The van der Waals surface area contributed by atoms with Gasteiger partial charge in [0, 0.05) is 11.4 Å². The van der Waals surface area contributed by atoms with Crippen LogP contribution in [0.15, 0.2) is 18.2 Å². The Morgan fingerprint density at radius 1 is 1.33 bits per heavy atom. The molecule has 2 nitrogen and oxygen atoms in total. The predicted molar refractivity (Wildman–Crippen MR) is 48.8 cm³/mol. The molecular formula is C10H11NO. The van der Waals surface area contributed by atoms with Crippen LogP contribution >= 0.6 is 0 Å². The standard InChI is InChI=1S/C10H11NO/c1-8-5-6-10(4-3-7-12)9(2)11-8/h3-7H,1-2H3. The zero-order chi connectivity index (χ0) is 8.97. The maximum atomic E-state index is 10.0. The molecule has 0 N–H and O–H groups in total. The summed E-state index contributed by atoms with van der Waals surface area (Å²) in [5.41, 5.74) is 2.94. The molecule has 1 aromatic rings. The molecule has 0 bridgehead atoms. The summed E-state index contributed by atoms with van der Waals surface area (Å²) in [7, 11) is 0. The summed E-state index contributed by atoms with van der Waals surface area (Å²) in [4.78, 5) is 14.3. The molecule has 12 heavy (non-hydrogen) atoms. The maximum absolute atomic E-state index is 10.0. The van der Waals surface area contributed by atoms with E-state index in [4.69, 9.17) is 0 Å². The number of pyridine rings is 1. The number of aryl methyl sites for hydroxylation is 2. The van der Waals surface area contributed by atoms with Crippen LogP contribution in [0.2, 0.25) is 0 Å². The van der Waals surface area contributed by atoms with Gasteiger partial charge >= 0.3 is 0 Å². The Kier molecular flexibility index (Phi) is 2.75. The zero-order valence-electron chi connectivity index (χ0n) is 7.24. The summed E-state index contributed by atoms with van der Waals surface area (Å²) in [6.45, 7) is 3.87. The van der Waals surface area contributed by atoms with Gasteiger partial charge in [0.1, 0.15) is 6.29 Å². The lowest BCUT2D eigenvalue weighted by atomic mass is 10.2. The van der Waals surface area contributed by atoms with E-state index in [9.17, 15) is 4.79 Å². The fraction of sp³-hybridized carbons (Fsp3) is 0.200. The second-order valence-corrected chi connectivity index (χ2v) is 2.62. The third-order valence-electron chi connectivity index (χ3n) is 1.62. The van der Waals surface area contributed by atoms with Crippen LogP contribution in [-0.2, 0) is 4.79 Å². The van der Waals surface area contributed by atoms with Crippen molar-refractivity contribution in [3.63, 3.8) is 0 Å². The molecule has 0 spiro atoms. The van der Waals surface area contributed by atoms with Gasteiger partial charge in [-0.1, -0.05) is 6.07 Å². The van der Waals surface area contributed by atoms with Gasteiger partial charge in [-0.3, -0.25) is 9.78 Å². The molecule has 0 aliphatic rings. The van der Waals surface area contributed by atoms with Gasteiger partial charge in [-0.15, -0.1) is 0 Å². The van der Waals surface area contributed by atoms with Crippen molar-refractivity contribution < 1.29 is 4.79 Å². The maximum Gasteiger partial charge on any atom is 0.142 e. The van der Waals surface area contributed by atoms with E-state index in [-0.39, 0.29) is 0 Å². The van der Waals surface area contributed by atoms with Crippen molar-refractivity contribution in [2.45, 2.75) is 13.8 Å². The van der Waals surface area contributed by atoms with Crippen LogP contribution in [0.3, 0.4) is 0 Å². The summed E-state index contributed by atoms with van der Waals surface area (Å²) in [5.74, 6) is 0. The molecule has 0 aromatic carbocycles. The molecule has 1 rings (SSSR count). The van der Waals surface area contributed by atoms with E-state index in [2.05, 4.69) is 4.98 Å². The number of hydrogen-bond donors (Lipinski definition) is 0. The van der Waals surface area contributed by atoms with Crippen LogP contribution in [-0.4, -0.2) is 11.3 Å². The van der Waals surface area contributed by atoms with Gasteiger partial charge in [0.15, 0.2) is 0 Å². The molecule has 0 atom stereocenters. The van der Waals surface area contributed by atoms with Crippen LogP contribution in [0.25, 0.3) is 6.08 Å². The average molecular weight is 161 g/mol. The molecule has 0 saturated heterocycles. The molecule has 0 amide bonds. The lowest BCUT2D eigenvalue weighted by Crippen LogP contribution is -1.88. The Labute approximate surface area is 71.9 Å². The number of aldehydes is 1. The molecule has 62 valence electrons. The summed E-state index contributed by atoms with van der Waals surface area (Å²) in [5, 5.41) is 0. The second-order valence-electron chi connectivity index (χ2n) is 2.62. The lowest BCUT2D eigenvalue weighted by molar-refractivity contribution is -0.104. The molecule has 0 unspecified atom stereocenters. The van der Waals surface area contributed by atoms with Crippen molar-refractivity contribution in [3.8, 4) is 0 Å². The summed E-state index contributed by atoms with van der Waals surface area (Å²) < 4.78 is 0. The van der Waals surface area contributed by atoms with Gasteiger partial charge < -0.3 is 0 Å². The predicted octanol–water partition coefficient (Wildman–Crippen LogP) is 1.91. The summed E-state index contributed by atoms with van der Waals surface area (Å²) >= 11 is 0. The Balaban J connectivity index is 3.01. The van der Waals surface area contributed by atoms with Gasteiger partial charge in [0.05, 0.1) is 0 Å². The largest absolute Gasteiger partial charge is 0.299 e. The first-order chi connectivity index (χ1) is 5.74. The molecule has 0 aliphatic heterocycles. The highest BCUT2D eigenvalue weighted by molar-refractivity contribution is 5.74. The Bertz CT molecular complexity index is 316. The second kappa shape index (κ2) is 3.81. The minimum absolute atomic E-state index is 0.763. The SMILES string of the molecule is Cc1ccc(C=CC=O)c(C)n1. The molecule has 0 fully saturated rings. The number of allylic oxidation sites excluding steroid dienone is 1. The molecule has 1 aromatic heterocycles. The van der Waals surface area contributed by atoms with Crippen LogP contribution in [0.5, 0.6) is 0 Å². The van der Waals surface area contributed by atoms with Crippen LogP contribution in [0.4, 0.5) is 0 Å². The van der Waals surface area contributed by atoms with E-state index in [1.807, 2.05) is 26.0 Å². The highest BCUT2D eigenvalue weighted by Crippen LogP contribution is 2.07. The first kappa shape index (κ1) is 8.65. The average Bonchev–Trinajstić information content (AvgIpc) is 2.03. The lowest BCUT2D eigenvalue weighted by Gasteiger charge is -1.99. The first-order valence-corrected chi connectivity index (χ1v) is 3.80. The minimum atomic E-state index is 0.763. The van der Waals surface area contributed by atoms with Gasteiger partial charge in [-0.05, 0) is 37.6 Å². The molecular weight excluding hydrogens is 150 g/mol. The number of rotatable bonds is 2. The molecule has 1 heterocycles. The number of hydrogen-bond acceptors (Lipinski definition) is 2. The van der Waals surface area contributed by atoms with E-state index in [1.54, 1.807) is 6.08 Å². The third-order valence-corrected chi connectivity index (χ3v) is 1.62. The van der Waals surface area contributed by atoms with Gasteiger partial charge in [-0.25, -0.2) is 0 Å². The van der Waals surface area contributed by atoms with Crippen molar-refractivity contribution in [3.05, 3.63) is 35.2 Å². The van der Waals surface area contributed by atoms with Crippen LogP contribution in [0, 0.1) is 13.8 Å². The number of nitrogens with zero attached hydrogens (tertiary/aromatic N) is 1. The number of carbonyl (C=O) groups excluding carboxylic acids is 1. The van der Waals surface area contributed by atoms with Crippen molar-refractivity contribution in [1.82, 2.24) is 4.98 Å². The van der Waals surface area contributed by atoms with E-state index >= 15 is 0 Å². The minimum Gasteiger partial charge on any atom is -0.299 e. The van der Waals surface area contributed by atoms with Gasteiger partial charge in [-0.2, -0.15) is 0 Å². The van der Waals surface area contributed by atoms with Gasteiger partial charge in [0.25, 0.3) is 0 Å². The highest BCUT2D eigenvalue weighted by atomic mass is 16.1. The van der Waals surface area contributed by atoms with E-state index in [0.717, 1.165) is 23.2 Å². The van der Waals surface area contributed by atoms with Crippen LogP contribution < -0.4 is 0 Å². The molecule has 0 radical (unpaired) electrons. The van der Waals surface area contributed by atoms with Crippen molar-refractivity contribution >= 4 is 12.4 Å². The van der Waals surface area contributed by atoms with E-state index in [1.165, 1.54) is 6.08 Å². The third kappa shape index (κ3) is 2.02. The van der Waals surface area contributed by atoms with E-state index in [0.29, 0.717) is 0 Å². The van der Waals surface area contributed by atoms with Gasteiger partial charge in [0.2, 0.25) is 0 Å². The van der Waals surface area contributed by atoms with Crippen LogP contribution in [0.1, 0.15) is 17.0 Å². The molecule has 2 heteroatoms. The Hall–Kier alpha value is -1.44. The Morgan fingerprint density at radius 3 is 2.67 bits per heavy atom. The number of carbonyl (C=O) groups is 1. The normalized spacial score (nSPS) is 10.5. The monoisotopic (exact) mass is 161 g/mol. The van der Waals surface area contributed by atoms with E-state index < -0.39 is 0 Å². The molecule has 0 saturated carbocycles. The zero-order valence-corrected chi connectivity index (χ0v) is 7.24. The summed E-state index contributed by atoms with van der Waals surface area (Å²) in [6, 6.07) is 3.88. The van der Waals surface area contributed by atoms with Crippen molar-refractivity contribution in [2.24, 2.45) is 0 Å². The summed E-state index contributed by atoms with van der Waals surface area (Å²) in [6.07, 6.45) is 3.99.